The summed E-state index contributed by atoms with van der Waals surface area (Å²) in [4.78, 5) is 28.2. The van der Waals surface area contributed by atoms with Crippen molar-refractivity contribution in [3.63, 3.8) is 0 Å². The summed E-state index contributed by atoms with van der Waals surface area (Å²) in [6, 6.07) is 1.44. The SMILES string of the molecule is O=C1CN(c2cnccc2C(=O)O)CCCN1. The first kappa shape index (κ1) is 11.4. The van der Waals surface area contributed by atoms with E-state index >= 15 is 0 Å². The third kappa shape index (κ3) is 2.52. The monoisotopic (exact) mass is 235 g/mol. The molecule has 90 valence electrons. The number of anilines is 1. The molecule has 0 radical (unpaired) electrons. The molecule has 0 aromatic carbocycles. The number of carbonyl (C=O) groups excluding carboxylic acids is 1. The number of carboxylic acids is 1. The second-order valence-corrected chi connectivity index (χ2v) is 3.82. The van der Waals surface area contributed by atoms with Crippen LogP contribution >= 0.6 is 0 Å². The van der Waals surface area contributed by atoms with Gasteiger partial charge in [0.15, 0.2) is 0 Å². The third-order valence-electron chi connectivity index (χ3n) is 2.63. The molecule has 1 saturated heterocycles. The van der Waals surface area contributed by atoms with Gasteiger partial charge in [-0.3, -0.25) is 9.78 Å². The normalized spacial score (nSPS) is 16.2. The number of aromatic carboxylic acids is 1. The van der Waals surface area contributed by atoms with Gasteiger partial charge in [-0.15, -0.1) is 0 Å². The number of carboxylic acid groups (broad SMARTS) is 1. The molecule has 2 rings (SSSR count). The summed E-state index contributed by atoms with van der Waals surface area (Å²) < 4.78 is 0. The van der Waals surface area contributed by atoms with Crippen LogP contribution in [0.25, 0.3) is 0 Å². The number of nitrogens with one attached hydrogen (secondary N) is 1. The predicted octanol–water partition coefficient (Wildman–Crippen LogP) is 0.106. The maximum atomic E-state index is 11.4. The topological polar surface area (TPSA) is 82.5 Å². The number of pyridine rings is 1. The quantitative estimate of drug-likeness (QED) is 0.760. The van der Waals surface area contributed by atoms with Gasteiger partial charge < -0.3 is 15.3 Å². The summed E-state index contributed by atoms with van der Waals surface area (Å²) in [5.74, 6) is -1.10. The molecule has 1 aromatic heterocycles. The highest BCUT2D eigenvalue weighted by Crippen LogP contribution is 2.19. The summed E-state index contributed by atoms with van der Waals surface area (Å²) in [6.07, 6.45) is 3.71. The van der Waals surface area contributed by atoms with Crippen molar-refractivity contribution in [1.29, 1.82) is 0 Å². The van der Waals surface area contributed by atoms with Crippen LogP contribution in [0.4, 0.5) is 5.69 Å². The van der Waals surface area contributed by atoms with Crippen LogP contribution in [0.3, 0.4) is 0 Å². The molecule has 1 fully saturated rings. The highest BCUT2D eigenvalue weighted by molar-refractivity contribution is 5.95. The third-order valence-corrected chi connectivity index (χ3v) is 2.63. The molecule has 6 nitrogen and oxygen atoms in total. The van der Waals surface area contributed by atoms with E-state index in [1.807, 2.05) is 0 Å². The van der Waals surface area contributed by atoms with Crippen molar-refractivity contribution >= 4 is 17.6 Å². The molecule has 1 aliphatic rings. The van der Waals surface area contributed by atoms with Crippen LogP contribution in [0.2, 0.25) is 0 Å². The van der Waals surface area contributed by atoms with Gasteiger partial charge in [0.2, 0.25) is 5.91 Å². The second-order valence-electron chi connectivity index (χ2n) is 3.82. The smallest absolute Gasteiger partial charge is 0.337 e. The van der Waals surface area contributed by atoms with Gasteiger partial charge in [-0.1, -0.05) is 0 Å². The molecular formula is C11H13N3O3. The van der Waals surface area contributed by atoms with E-state index in [-0.39, 0.29) is 18.0 Å². The van der Waals surface area contributed by atoms with E-state index in [9.17, 15) is 9.59 Å². The largest absolute Gasteiger partial charge is 0.478 e. The van der Waals surface area contributed by atoms with Crippen molar-refractivity contribution in [2.45, 2.75) is 6.42 Å². The Labute approximate surface area is 98.3 Å². The number of amides is 1. The first-order valence-corrected chi connectivity index (χ1v) is 5.37. The molecule has 1 amide bonds. The average Bonchev–Trinajstić information content (AvgIpc) is 2.54. The molecule has 0 atom stereocenters. The Kier molecular flexibility index (Phi) is 3.22. The lowest BCUT2D eigenvalue weighted by Gasteiger charge is -2.22. The van der Waals surface area contributed by atoms with Crippen LogP contribution in [0.5, 0.6) is 0 Å². The van der Waals surface area contributed by atoms with Gasteiger partial charge in [0.05, 0.1) is 24.0 Å². The zero-order valence-electron chi connectivity index (χ0n) is 9.22. The fraction of sp³-hybridized carbons (Fsp3) is 0.364. The highest BCUT2D eigenvalue weighted by atomic mass is 16.4. The van der Waals surface area contributed by atoms with Gasteiger partial charge in [0, 0.05) is 19.3 Å². The Morgan fingerprint density at radius 3 is 3.12 bits per heavy atom. The maximum absolute atomic E-state index is 11.4. The number of hydrogen-bond acceptors (Lipinski definition) is 4. The zero-order chi connectivity index (χ0) is 12.3. The Balaban J connectivity index is 2.31. The predicted molar refractivity (Wildman–Crippen MR) is 61.0 cm³/mol. The van der Waals surface area contributed by atoms with E-state index in [0.717, 1.165) is 6.42 Å². The molecule has 0 saturated carbocycles. The Morgan fingerprint density at radius 2 is 2.35 bits per heavy atom. The first-order valence-electron chi connectivity index (χ1n) is 5.37. The fourth-order valence-electron chi connectivity index (χ4n) is 1.83. The van der Waals surface area contributed by atoms with Crippen molar-refractivity contribution < 1.29 is 14.7 Å². The van der Waals surface area contributed by atoms with E-state index < -0.39 is 5.97 Å². The number of rotatable bonds is 2. The minimum absolute atomic E-state index is 0.0947. The highest BCUT2D eigenvalue weighted by Gasteiger charge is 2.20. The van der Waals surface area contributed by atoms with E-state index in [1.165, 1.54) is 18.5 Å². The maximum Gasteiger partial charge on any atom is 0.337 e. The van der Waals surface area contributed by atoms with Gasteiger partial charge in [-0.2, -0.15) is 0 Å². The van der Waals surface area contributed by atoms with E-state index in [1.54, 1.807) is 4.90 Å². The van der Waals surface area contributed by atoms with E-state index in [2.05, 4.69) is 10.3 Å². The lowest BCUT2D eigenvalue weighted by Crippen LogP contribution is -2.33. The molecule has 2 N–H and O–H groups in total. The van der Waals surface area contributed by atoms with Crippen molar-refractivity contribution in [1.82, 2.24) is 10.3 Å². The summed E-state index contributed by atoms with van der Waals surface area (Å²) in [6.45, 7) is 1.44. The Hall–Kier alpha value is -2.11. The summed E-state index contributed by atoms with van der Waals surface area (Å²) >= 11 is 0. The number of carbonyl (C=O) groups is 2. The van der Waals surface area contributed by atoms with Crippen LogP contribution in [-0.4, -0.2) is 41.6 Å². The first-order chi connectivity index (χ1) is 8.18. The fourth-order valence-corrected chi connectivity index (χ4v) is 1.83. The minimum Gasteiger partial charge on any atom is -0.478 e. The van der Waals surface area contributed by atoms with Crippen molar-refractivity contribution in [3.05, 3.63) is 24.0 Å². The van der Waals surface area contributed by atoms with Crippen LogP contribution in [-0.2, 0) is 4.79 Å². The van der Waals surface area contributed by atoms with Crippen molar-refractivity contribution in [3.8, 4) is 0 Å². The van der Waals surface area contributed by atoms with E-state index in [4.69, 9.17) is 5.11 Å². The van der Waals surface area contributed by atoms with Crippen LogP contribution in [0.15, 0.2) is 18.5 Å². The van der Waals surface area contributed by atoms with Crippen LogP contribution in [0.1, 0.15) is 16.8 Å². The Morgan fingerprint density at radius 1 is 1.53 bits per heavy atom. The van der Waals surface area contributed by atoms with Gasteiger partial charge in [0.1, 0.15) is 0 Å². The summed E-state index contributed by atoms with van der Waals surface area (Å²) in [7, 11) is 0. The van der Waals surface area contributed by atoms with E-state index in [0.29, 0.717) is 18.8 Å². The van der Waals surface area contributed by atoms with Gasteiger partial charge in [-0.25, -0.2) is 4.79 Å². The molecular weight excluding hydrogens is 222 g/mol. The molecule has 6 heteroatoms. The minimum atomic E-state index is -1.01. The lowest BCUT2D eigenvalue weighted by atomic mass is 10.2. The van der Waals surface area contributed by atoms with Gasteiger partial charge in [-0.05, 0) is 12.5 Å². The molecule has 0 aliphatic carbocycles. The molecule has 0 spiro atoms. The molecule has 17 heavy (non-hydrogen) atoms. The molecule has 2 heterocycles. The molecule has 0 unspecified atom stereocenters. The number of aromatic nitrogens is 1. The number of nitrogens with zero attached hydrogens (tertiary/aromatic N) is 2. The summed E-state index contributed by atoms with van der Waals surface area (Å²) in [5.41, 5.74) is 0.673. The second kappa shape index (κ2) is 4.82. The van der Waals surface area contributed by atoms with Crippen LogP contribution in [0, 0.1) is 0 Å². The van der Waals surface area contributed by atoms with Gasteiger partial charge in [0.25, 0.3) is 0 Å². The standard InChI is InChI=1S/C11H13N3O3/c15-10-7-14(5-1-3-13-10)9-6-12-4-2-8(9)11(16)17/h2,4,6H,1,3,5,7H2,(H,13,15)(H,16,17). The van der Waals surface area contributed by atoms with Gasteiger partial charge >= 0.3 is 5.97 Å². The average molecular weight is 235 g/mol. The molecule has 0 bridgehead atoms. The summed E-state index contributed by atoms with van der Waals surface area (Å²) in [5, 5.41) is 11.8. The van der Waals surface area contributed by atoms with Crippen LogP contribution < -0.4 is 10.2 Å². The van der Waals surface area contributed by atoms with Crippen molar-refractivity contribution in [2.24, 2.45) is 0 Å². The lowest BCUT2D eigenvalue weighted by molar-refractivity contribution is -0.119. The molecule has 1 aliphatic heterocycles. The Bertz CT molecular complexity index is 447. The molecule has 1 aromatic rings. The number of hydrogen-bond donors (Lipinski definition) is 2. The van der Waals surface area contributed by atoms with Crippen molar-refractivity contribution in [2.75, 3.05) is 24.5 Å². The zero-order valence-corrected chi connectivity index (χ0v) is 9.22.